The van der Waals surface area contributed by atoms with E-state index in [0.717, 1.165) is 4.47 Å². The molecular weight excluding hydrogens is 302 g/mol. The second-order valence-electron chi connectivity index (χ2n) is 3.81. The maximum atomic E-state index is 11.4. The molecule has 0 bridgehead atoms. The van der Waals surface area contributed by atoms with Gasteiger partial charge in [-0.1, -0.05) is 15.9 Å². The molecule has 0 saturated carbocycles. The van der Waals surface area contributed by atoms with Crippen LogP contribution in [0.4, 0.5) is 0 Å². The molecule has 0 heterocycles. The molecule has 0 radical (unpaired) electrons. The van der Waals surface area contributed by atoms with Crippen molar-refractivity contribution in [3.8, 4) is 5.75 Å². The summed E-state index contributed by atoms with van der Waals surface area (Å²) in [6.45, 7) is 1.50. The van der Waals surface area contributed by atoms with E-state index < -0.39 is 12.0 Å². The molecule has 18 heavy (non-hydrogen) atoms. The van der Waals surface area contributed by atoms with Crippen molar-refractivity contribution < 1.29 is 19.4 Å². The van der Waals surface area contributed by atoms with Crippen molar-refractivity contribution in [3.63, 3.8) is 0 Å². The Hall–Kier alpha value is -1.56. The quantitative estimate of drug-likeness (QED) is 0.839. The van der Waals surface area contributed by atoms with Crippen LogP contribution in [0.5, 0.6) is 5.75 Å². The molecule has 0 spiro atoms. The van der Waals surface area contributed by atoms with Gasteiger partial charge in [-0.2, -0.15) is 0 Å². The molecule has 98 valence electrons. The molecule has 1 aromatic carbocycles. The first-order chi connectivity index (χ1) is 8.47. The van der Waals surface area contributed by atoms with E-state index in [2.05, 4.69) is 21.2 Å². The maximum Gasteiger partial charge on any atom is 0.305 e. The van der Waals surface area contributed by atoms with Gasteiger partial charge in [0.05, 0.1) is 6.42 Å². The van der Waals surface area contributed by atoms with Crippen molar-refractivity contribution in [1.82, 2.24) is 5.32 Å². The third-order valence-corrected chi connectivity index (χ3v) is 2.60. The summed E-state index contributed by atoms with van der Waals surface area (Å²) in [5.74, 6) is -0.706. The SMILES string of the molecule is CC(CC(=O)O)NC(=O)COc1ccc(Br)cc1. The van der Waals surface area contributed by atoms with Crippen LogP contribution in [0.25, 0.3) is 0 Å². The van der Waals surface area contributed by atoms with Crippen molar-refractivity contribution in [2.45, 2.75) is 19.4 Å². The number of hydrogen-bond acceptors (Lipinski definition) is 3. The van der Waals surface area contributed by atoms with Crippen LogP contribution >= 0.6 is 15.9 Å². The minimum absolute atomic E-state index is 0.107. The molecule has 0 fully saturated rings. The Labute approximate surface area is 113 Å². The van der Waals surface area contributed by atoms with E-state index >= 15 is 0 Å². The number of carboxylic acids is 1. The third-order valence-electron chi connectivity index (χ3n) is 2.07. The van der Waals surface area contributed by atoms with E-state index in [9.17, 15) is 9.59 Å². The van der Waals surface area contributed by atoms with Gasteiger partial charge in [-0.15, -0.1) is 0 Å². The van der Waals surface area contributed by atoms with Crippen molar-refractivity contribution in [3.05, 3.63) is 28.7 Å². The van der Waals surface area contributed by atoms with E-state index in [1.54, 1.807) is 31.2 Å². The number of ether oxygens (including phenoxy) is 1. The summed E-state index contributed by atoms with van der Waals surface area (Å²) in [5, 5.41) is 11.1. The molecule has 1 atom stereocenters. The van der Waals surface area contributed by atoms with Crippen LogP contribution in [0.2, 0.25) is 0 Å². The van der Waals surface area contributed by atoms with Crippen LogP contribution in [0.3, 0.4) is 0 Å². The lowest BCUT2D eigenvalue weighted by Crippen LogP contribution is -2.37. The van der Waals surface area contributed by atoms with Crippen LogP contribution in [0.15, 0.2) is 28.7 Å². The number of carbonyl (C=O) groups is 2. The minimum atomic E-state index is -0.948. The van der Waals surface area contributed by atoms with Crippen molar-refractivity contribution in [1.29, 1.82) is 0 Å². The second kappa shape index (κ2) is 7.00. The topological polar surface area (TPSA) is 75.6 Å². The molecule has 0 aliphatic rings. The maximum absolute atomic E-state index is 11.4. The first-order valence-electron chi connectivity index (χ1n) is 5.37. The average molecular weight is 316 g/mol. The zero-order valence-electron chi connectivity index (χ0n) is 9.85. The molecule has 0 aliphatic heterocycles. The molecule has 0 aliphatic carbocycles. The summed E-state index contributed by atoms with van der Waals surface area (Å²) in [4.78, 5) is 21.9. The molecule has 2 N–H and O–H groups in total. The zero-order valence-corrected chi connectivity index (χ0v) is 11.4. The predicted molar refractivity (Wildman–Crippen MR) is 69.5 cm³/mol. The first-order valence-corrected chi connectivity index (χ1v) is 6.16. The van der Waals surface area contributed by atoms with Crippen LogP contribution in [0.1, 0.15) is 13.3 Å². The smallest absolute Gasteiger partial charge is 0.305 e. The third kappa shape index (κ3) is 5.67. The molecule has 0 aromatic heterocycles. The van der Waals surface area contributed by atoms with Gasteiger partial charge in [0.1, 0.15) is 5.75 Å². The highest BCUT2D eigenvalue weighted by Crippen LogP contribution is 2.15. The lowest BCUT2D eigenvalue weighted by Gasteiger charge is -2.12. The van der Waals surface area contributed by atoms with E-state index in [1.165, 1.54) is 0 Å². The monoisotopic (exact) mass is 315 g/mol. The summed E-state index contributed by atoms with van der Waals surface area (Å²) >= 11 is 3.29. The Kier molecular flexibility index (Phi) is 5.64. The molecule has 1 aromatic rings. The minimum Gasteiger partial charge on any atom is -0.484 e. The summed E-state index contributed by atoms with van der Waals surface area (Å²) in [6.07, 6.45) is -0.107. The number of halogens is 1. The standard InChI is InChI=1S/C12H14BrNO4/c1-8(6-12(16)17)14-11(15)7-18-10-4-2-9(13)3-5-10/h2-5,8H,6-7H2,1H3,(H,14,15)(H,16,17). The average Bonchev–Trinajstić information content (AvgIpc) is 2.27. The van der Waals surface area contributed by atoms with E-state index in [1.807, 2.05) is 0 Å². The summed E-state index contributed by atoms with van der Waals surface area (Å²) in [6, 6.07) is 6.67. The van der Waals surface area contributed by atoms with E-state index in [0.29, 0.717) is 5.75 Å². The molecule has 6 heteroatoms. The van der Waals surface area contributed by atoms with Crippen LogP contribution in [0, 0.1) is 0 Å². The number of hydrogen-bond donors (Lipinski definition) is 2. The van der Waals surface area contributed by atoms with Gasteiger partial charge >= 0.3 is 5.97 Å². The molecular formula is C12H14BrNO4. The molecule has 1 unspecified atom stereocenters. The lowest BCUT2D eigenvalue weighted by atomic mass is 10.2. The Morgan fingerprint density at radius 2 is 2.00 bits per heavy atom. The summed E-state index contributed by atoms with van der Waals surface area (Å²) in [7, 11) is 0. The highest BCUT2D eigenvalue weighted by Gasteiger charge is 2.11. The second-order valence-corrected chi connectivity index (χ2v) is 4.72. The highest BCUT2D eigenvalue weighted by atomic mass is 79.9. The van der Waals surface area contributed by atoms with E-state index in [4.69, 9.17) is 9.84 Å². The van der Waals surface area contributed by atoms with Gasteiger partial charge in [0.15, 0.2) is 6.61 Å². The molecule has 1 amide bonds. The number of nitrogens with one attached hydrogen (secondary N) is 1. The van der Waals surface area contributed by atoms with Crippen LogP contribution in [-0.2, 0) is 9.59 Å². The number of carboxylic acid groups (broad SMARTS) is 1. The van der Waals surface area contributed by atoms with Gasteiger partial charge in [-0.05, 0) is 31.2 Å². The first kappa shape index (κ1) is 14.5. The zero-order chi connectivity index (χ0) is 13.5. The Bertz CT molecular complexity index is 419. The Morgan fingerprint density at radius 1 is 1.39 bits per heavy atom. The van der Waals surface area contributed by atoms with Crippen molar-refractivity contribution in [2.75, 3.05) is 6.61 Å². The Morgan fingerprint density at radius 3 is 2.56 bits per heavy atom. The summed E-state index contributed by atoms with van der Waals surface area (Å²) < 4.78 is 6.17. The summed E-state index contributed by atoms with van der Waals surface area (Å²) in [5.41, 5.74) is 0. The van der Waals surface area contributed by atoms with Gasteiger partial charge in [-0.25, -0.2) is 0 Å². The highest BCUT2D eigenvalue weighted by molar-refractivity contribution is 9.10. The van der Waals surface area contributed by atoms with Crippen molar-refractivity contribution >= 4 is 27.8 Å². The van der Waals surface area contributed by atoms with E-state index in [-0.39, 0.29) is 18.9 Å². The van der Waals surface area contributed by atoms with Gasteiger partial charge in [-0.3, -0.25) is 9.59 Å². The van der Waals surface area contributed by atoms with Crippen LogP contribution in [-0.4, -0.2) is 29.6 Å². The predicted octanol–water partition coefficient (Wildman–Crippen LogP) is 1.81. The van der Waals surface area contributed by atoms with Gasteiger partial charge in [0, 0.05) is 10.5 Å². The fourth-order valence-electron chi connectivity index (χ4n) is 1.31. The van der Waals surface area contributed by atoms with Gasteiger partial charge < -0.3 is 15.2 Å². The largest absolute Gasteiger partial charge is 0.484 e. The normalized spacial score (nSPS) is 11.7. The Balaban J connectivity index is 2.32. The van der Waals surface area contributed by atoms with Crippen molar-refractivity contribution in [2.24, 2.45) is 0 Å². The number of aliphatic carboxylic acids is 1. The number of amides is 1. The lowest BCUT2D eigenvalue weighted by molar-refractivity contribution is -0.137. The van der Waals surface area contributed by atoms with Gasteiger partial charge in [0.2, 0.25) is 0 Å². The fourth-order valence-corrected chi connectivity index (χ4v) is 1.57. The molecule has 5 nitrogen and oxygen atoms in total. The van der Waals surface area contributed by atoms with Crippen LogP contribution < -0.4 is 10.1 Å². The number of benzene rings is 1. The number of rotatable bonds is 6. The molecule has 0 saturated heterocycles. The fraction of sp³-hybridized carbons (Fsp3) is 0.333. The van der Waals surface area contributed by atoms with Gasteiger partial charge in [0.25, 0.3) is 5.91 Å². The molecule has 1 rings (SSSR count). The number of carbonyl (C=O) groups excluding carboxylic acids is 1.